The summed E-state index contributed by atoms with van der Waals surface area (Å²) in [5.41, 5.74) is 0.390. The summed E-state index contributed by atoms with van der Waals surface area (Å²) in [6, 6.07) is 0.759. The van der Waals surface area contributed by atoms with Crippen LogP contribution in [0, 0.1) is 5.41 Å². The Balaban J connectivity index is 1.71. The van der Waals surface area contributed by atoms with Crippen molar-refractivity contribution in [2.75, 3.05) is 46.4 Å². The predicted octanol–water partition coefficient (Wildman–Crippen LogP) is 3.01. The number of guanidine groups is 1. The van der Waals surface area contributed by atoms with Gasteiger partial charge in [-0.2, -0.15) is 0 Å². The van der Waals surface area contributed by atoms with Gasteiger partial charge in [-0.25, -0.2) is 0 Å². The van der Waals surface area contributed by atoms with Crippen LogP contribution in [0.25, 0.3) is 0 Å². The van der Waals surface area contributed by atoms with Gasteiger partial charge < -0.3 is 20.3 Å². The highest BCUT2D eigenvalue weighted by atomic mass is 16.5. The topological polar surface area (TPSA) is 48.9 Å². The van der Waals surface area contributed by atoms with E-state index in [4.69, 9.17) is 9.73 Å². The number of piperidine rings is 1. The van der Waals surface area contributed by atoms with Crippen molar-refractivity contribution in [1.29, 1.82) is 0 Å². The molecule has 0 aromatic heterocycles. The summed E-state index contributed by atoms with van der Waals surface area (Å²) in [6.07, 6.45) is 10.4. The molecule has 0 amide bonds. The van der Waals surface area contributed by atoms with Crippen LogP contribution < -0.4 is 10.6 Å². The van der Waals surface area contributed by atoms with Crippen molar-refractivity contribution >= 4 is 5.96 Å². The van der Waals surface area contributed by atoms with E-state index >= 15 is 0 Å². The fourth-order valence-corrected chi connectivity index (χ4v) is 4.05. The number of nitrogens with zero attached hydrogens (tertiary/aromatic N) is 2. The number of nitrogens with one attached hydrogen (secondary N) is 2. The largest absolute Gasteiger partial charge is 0.385 e. The summed E-state index contributed by atoms with van der Waals surface area (Å²) in [5.74, 6) is 0.984. The Morgan fingerprint density at radius 2 is 2.08 bits per heavy atom. The first kappa shape index (κ1) is 20.5. The number of hydrogen-bond acceptors (Lipinski definition) is 3. The predicted molar refractivity (Wildman–Crippen MR) is 106 cm³/mol. The van der Waals surface area contributed by atoms with Crippen molar-refractivity contribution in [2.24, 2.45) is 10.4 Å². The highest BCUT2D eigenvalue weighted by Gasteiger charge is 2.36. The lowest BCUT2D eigenvalue weighted by molar-refractivity contribution is 0.0778. The number of methoxy groups -OCH3 is 1. The van der Waals surface area contributed by atoms with E-state index in [0.717, 1.165) is 44.7 Å². The van der Waals surface area contributed by atoms with Gasteiger partial charge in [0.05, 0.1) is 0 Å². The van der Waals surface area contributed by atoms with Crippen molar-refractivity contribution in [2.45, 2.75) is 71.3 Å². The van der Waals surface area contributed by atoms with Gasteiger partial charge in [-0.15, -0.1) is 0 Å². The first-order valence-corrected chi connectivity index (χ1v) is 10.4. The molecule has 2 aliphatic rings. The van der Waals surface area contributed by atoms with Gasteiger partial charge in [0.1, 0.15) is 0 Å². The third kappa shape index (κ3) is 6.78. The third-order valence-corrected chi connectivity index (χ3v) is 6.02. The quantitative estimate of drug-likeness (QED) is 0.360. The Labute approximate surface area is 155 Å². The molecule has 1 heterocycles. The maximum Gasteiger partial charge on any atom is 0.191 e. The minimum atomic E-state index is 0.390. The maximum absolute atomic E-state index is 5.29. The minimum Gasteiger partial charge on any atom is -0.385 e. The van der Waals surface area contributed by atoms with Gasteiger partial charge >= 0.3 is 0 Å². The van der Waals surface area contributed by atoms with E-state index in [2.05, 4.69) is 29.4 Å². The number of rotatable bonds is 10. The first-order valence-electron chi connectivity index (χ1n) is 10.4. The number of aliphatic imine (C=N–C) groups is 1. The van der Waals surface area contributed by atoms with Crippen LogP contribution in [-0.2, 0) is 4.74 Å². The van der Waals surface area contributed by atoms with Crippen molar-refractivity contribution in [3.05, 3.63) is 0 Å². The van der Waals surface area contributed by atoms with Crippen molar-refractivity contribution in [3.63, 3.8) is 0 Å². The Morgan fingerprint density at radius 1 is 1.24 bits per heavy atom. The van der Waals surface area contributed by atoms with Crippen LogP contribution in [0.15, 0.2) is 4.99 Å². The van der Waals surface area contributed by atoms with Gasteiger partial charge in [-0.05, 0) is 64.3 Å². The lowest BCUT2D eigenvalue weighted by atomic mass is 9.67. The van der Waals surface area contributed by atoms with E-state index < -0.39 is 0 Å². The Hall–Kier alpha value is -0.810. The lowest BCUT2D eigenvalue weighted by Crippen LogP contribution is -2.42. The van der Waals surface area contributed by atoms with Gasteiger partial charge in [-0.3, -0.25) is 4.99 Å². The molecule has 1 saturated carbocycles. The molecule has 5 nitrogen and oxygen atoms in total. The zero-order valence-electron chi connectivity index (χ0n) is 16.8. The highest BCUT2D eigenvalue weighted by molar-refractivity contribution is 5.79. The molecule has 0 aromatic rings. The third-order valence-electron chi connectivity index (χ3n) is 6.02. The molecule has 1 atom stereocenters. The average Bonchev–Trinajstić information content (AvgIpc) is 2.58. The molecule has 5 heteroatoms. The van der Waals surface area contributed by atoms with Crippen LogP contribution in [0.3, 0.4) is 0 Å². The molecule has 0 bridgehead atoms. The Kier molecular flexibility index (Phi) is 9.04. The molecule has 2 N–H and O–H groups in total. The van der Waals surface area contributed by atoms with Crippen LogP contribution in [-0.4, -0.2) is 63.3 Å². The summed E-state index contributed by atoms with van der Waals surface area (Å²) in [7, 11) is 1.80. The van der Waals surface area contributed by atoms with Gasteiger partial charge in [0.2, 0.25) is 0 Å². The molecule has 0 aromatic carbocycles. The molecular formula is C20H40N4O. The summed E-state index contributed by atoms with van der Waals surface area (Å²) in [5, 5.41) is 6.93. The first-order chi connectivity index (χ1) is 12.2. The second-order valence-electron chi connectivity index (χ2n) is 7.95. The molecule has 0 radical (unpaired) electrons. The highest BCUT2D eigenvalue weighted by Crippen LogP contribution is 2.44. The monoisotopic (exact) mass is 352 g/mol. The smallest absolute Gasteiger partial charge is 0.191 e. The normalized spacial score (nSPS) is 24.0. The molecule has 1 unspecified atom stereocenters. The fourth-order valence-electron chi connectivity index (χ4n) is 4.05. The Bertz CT molecular complexity index is 395. The van der Waals surface area contributed by atoms with Crippen molar-refractivity contribution in [1.82, 2.24) is 15.5 Å². The average molecular weight is 353 g/mol. The summed E-state index contributed by atoms with van der Waals surface area (Å²) >= 11 is 0. The van der Waals surface area contributed by atoms with Crippen LogP contribution >= 0.6 is 0 Å². The van der Waals surface area contributed by atoms with Crippen LogP contribution in [0.5, 0.6) is 0 Å². The van der Waals surface area contributed by atoms with E-state index in [1.54, 1.807) is 7.11 Å². The molecular weight excluding hydrogens is 312 g/mol. The standard InChI is InChI=1S/C20H40N4O/c1-4-21-19(23-17-20(10-7-11-20)12-16-25-3)22-13-8-15-24-14-6-5-9-18(24)2/h18H,4-17H2,1-3H3,(H2,21,22,23). The molecule has 2 fully saturated rings. The van der Waals surface area contributed by atoms with E-state index in [1.165, 1.54) is 58.0 Å². The number of ether oxygens (including phenoxy) is 1. The van der Waals surface area contributed by atoms with Gasteiger partial charge in [-0.1, -0.05) is 12.8 Å². The summed E-state index contributed by atoms with van der Waals surface area (Å²) in [6.45, 7) is 10.7. The van der Waals surface area contributed by atoms with E-state index in [9.17, 15) is 0 Å². The van der Waals surface area contributed by atoms with Gasteiger partial charge in [0.25, 0.3) is 0 Å². The fraction of sp³-hybridized carbons (Fsp3) is 0.950. The zero-order chi connectivity index (χ0) is 18.0. The summed E-state index contributed by atoms with van der Waals surface area (Å²) in [4.78, 5) is 7.53. The molecule has 1 aliphatic carbocycles. The van der Waals surface area contributed by atoms with E-state index in [0.29, 0.717) is 5.41 Å². The van der Waals surface area contributed by atoms with Crippen molar-refractivity contribution in [3.8, 4) is 0 Å². The van der Waals surface area contributed by atoms with Gasteiger partial charge in [0.15, 0.2) is 5.96 Å². The molecule has 0 spiro atoms. The maximum atomic E-state index is 5.29. The minimum absolute atomic E-state index is 0.390. The van der Waals surface area contributed by atoms with Gasteiger partial charge in [0, 0.05) is 45.9 Å². The van der Waals surface area contributed by atoms with Crippen LogP contribution in [0.4, 0.5) is 0 Å². The van der Waals surface area contributed by atoms with Crippen LogP contribution in [0.2, 0.25) is 0 Å². The zero-order valence-corrected chi connectivity index (χ0v) is 16.8. The second kappa shape index (κ2) is 11.0. The molecule has 1 aliphatic heterocycles. The molecule has 25 heavy (non-hydrogen) atoms. The second-order valence-corrected chi connectivity index (χ2v) is 7.95. The van der Waals surface area contributed by atoms with E-state index in [1.807, 2.05) is 0 Å². The number of hydrogen-bond donors (Lipinski definition) is 2. The number of likely N-dealkylation sites (tertiary alicyclic amines) is 1. The SMILES string of the molecule is CCNC(=NCC1(CCOC)CCC1)NCCCN1CCCCC1C. The summed E-state index contributed by atoms with van der Waals surface area (Å²) < 4.78 is 5.29. The van der Waals surface area contributed by atoms with E-state index in [-0.39, 0.29) is 0 Å². The van der Waals surface area contributed by atoms with Crippen molar-refractivity contribution < 1.29 is 4.74 Å². The molecule has 1 saturated heterocycles. The molecule has 2 rings (SSSR count). The molecule has 146 valence electrons. The Morgan fingerprint density at radius 3 is 2.72 bits per heavy atom. The lowest BCUT2D eigenvalue weighted by Gasteiger charge is -2.40. The van der Waals surface area contributed by atoms with Crippen LogP contribution in [0.1, 0.15) is 65.2 Å².